The average Bonchev–Trinajstić information content (AvgIpc) is 3.96. The summed E-state index contributed by atoms with van der Waals surface area (Å²) in [7, 11) is 4.07. The van der Waals surface area contributed by atoms with Gasteiger partial charge >= 0.3 is 35.6 Å². The van der Waals surface area contributed by atoms with Gasteiger partial charge in [0.05, 0.1) is 58.6 Å². The normalized spacial score (nSPS) is 17.1. The number of rotatable bonds is 8. The number of fused-ring (bicyclic) bond motifs is 3. The fourth-order valence-electron chi connectivity index (χ4n) is 7.42. The Morgan fingerprint density at radius 1 is 0.543 bits per heavy atom. The van der Waals surface area contributed by atoms with Gasteiger partial charge in [-0.25, -0.2) is 29.3 Å². The summed E-state index contributed by atoms with van der Waals surface area (Å²) in [4.78, 5) is 85.5. The molecule has 3 aliphatic heterocycles. The molecule has 0 radical (unpaired) electrons. The molecule has 0 spiro atoms. The second-order valence-corrected chi connectivity index (χ2v) is 18.6. The van der Waals surface area contributed by atoms with Crippen LogP contribution in [0.1, 0.15) is 20.8 Å². The van der Waals surface area contributed by atoms with Crippen molar-refractivity contribution in [3.05, 3.63) is 81.5 Å². The van der Waals surface area contributed by atoms with Crippen LogP contribution in [-0.2, 0) is 68.1 Å². The minimum absolute atomic E-state index is 0.0597. The van der Waals surface area contributed by atoms with Gasteiger partial charge in [0.15, 0.2) is 33.5 Å². The lowest BCUT2D eigenvalue weighted by atomic mass is 9.88. The van der Waals surface area contributed by atoms with E-state index in [-0.39, 0.29) is 57.4 Å². The Morgan fingerprint density at radius 2 is 0.857 bits per heavy atom. The third-order valence-electron chi connectivity index (χ3n) is 11.2. The molecule has 9 rings (SSSR count). The van der Waals surface area contributed by atoms with Crippen molar-refractivity contribution in [2.24, 2.45) is 37.4 Å². The van der Waals surface area contributed by atoms with Crippen LogP contribution in [0.2, 0.25) is 0 Å². The van der Waals surface area contributed by atoms with Gasteiger partial charge < -0.3 is 27.9 Å². The van der Waals surface area contributed by atoms with Crippen molar-refractivity contribution in [3.63, 3.8) is 0 Å². The summed E-state index contributed by atoms with van der Waals surface area (Å²) < 4.78 is 135. The molecule has 0 amide bonds. The molecule has 3 fully saturated rings. The number of ether oxygens (including phenoxy) is 3. The molecule has 31 heteroatoms. The maximum absolute atomic E-state index is 12.7. The fourth-order valence-corrected chi connectivity index (χ4v) is 7.58. The second-order valence-electron chi connectivity index (χ2n) is 18.3. The molecule has 6 aromatic heterocycles. The van der Waals surface area contributed by atoms with E-state index in [1.807, 2.05) is 18.8 Å². The Bertz CT molecular complexity index is 3120. The Hall–Kier alpha value is -6.01. The third-order valence-corrected chi connectivity index (χ3v) is 11.9. The molecule has 1 N–H and O–H groups in total. The Balaban J connectivity index is 0.000000162. The SMILES string of the molecule is CC1(CCl)COC1.Cn1c(=O)[nH]c(=O)c2c1ncn2CC(F)(F)F.Cn1c(=O)n(CC2(C)COC2)c(=O)c2c1ncn2CC(F)(F)F.Cn1c(=O)n(CC2(C)COC2)c(=O)c2c1ncn2CC(F)(F)F. The van der Waals surface area contributed by atoms with Crippen molar-refractivity contribution < 1.29 is 53.7 Å². The third kappa shape index (κ3) is 11.6. The summed E-state index contributed by atoms with van der Waals surface area (Å²) in [5.41, 5.74) is -5.72. The summed E-state index contributed by atoms with van der Waals surface area (Å²) in [6.45, 7) is 5.25. The van der Waals surface area contributed by atoms with E-state index in [4.69, 9.17) is 25.8 Å². The molecule has 0 saturated carbocycles. The molecule has 9 heterocycles. The predicted molar refractivity (Wildman–Crippen MR) is 230 cm³/mol. The molecule has 0 aromatic carbocycles. The Morgan fingerprint density at radius 3 is 1.13 bits per heavy atom. The van der Waals surface area contributed by atoms with Crippen LogP contribution < -0.4 is 33.7 Å². The highest BCUT2D eigenvalue weighted by atomic mass is 35.5. The standard InChI is InChI=1S/2C13H15F3N4O3.C8H7F3N4O2.C5H9ClO/c2*1-12(5-23-6-12)3-20-10(21)8-9(18(2)11(20)22)17-7-19(8)4-13(14,15)16;1-14-5-4(6(16)13-7(14)17)15(3-12-5)2-8(9,10)11;1-5(2-6)3-7-4-5/h2*7H,3-6H2,1-2H3;3H,2H2,1H3,(H,13,16,17);2-4H2,1H3. The minimum atomic E-state index is -4.49. The number of imidazole rings is 3. The van der Waals surface area contributed by atoms with Crippen molar-refractivity contribution >= 4 is 45.1 Å². The molecule has 3 aliphatic rings. The number of aryl methyl sites for hydroxylation is 3. The van der Waals surface area contributed by atoms with E-state index < -0.39 is 71.9 Å². The largest absolute Gasteiger partial charge is 0.406 e. The minimum Gasteiger partial charge on any atom is -0.380 e. The van der Waals surface area contributed by atoms with Gasteiger partial charge in [-0.15, -0.1) is 11.6 Å². The van der Waals surface area contributed by atoms with Crippen LogP contribution >= 0.6 is 11.6 Å². The number of aromatic amines is 1. The number of H-pyrrole nitrogens is 1. The lowest BCUT2D eigenvalue weighted by Crippen LogP contribution is -2.50. The van der Waals surface area contributed by atoms with Crippen molar-refractivity contribution in [3.8, 4) is 0 Å². The molecule has 6 aromatic rings. The summed E-state index contributed by atoms with van der Waals surface area (Å²) in [5, 5.41) is 0. The van der Waals surface area contributed by atoms with Gasteiger partial charge in [0, 0.05) is 56.4 Å². The Kier molecular flexibility index (Phi) is 14.7. The molecular weight excluding hydrogens is 987 g/mol. The molecular formula is C39H46ClF9N12O9. The van der Waals surface area contributed by atoms with Gasteiger partial charge in [0.2, 0.25) is 0 Å². The molecule has 70 heavy (non-hydrogen) atoms. The lowest BCUT2D eigenvalue weighted by molar-refractivity contribution is -0.140. The van der Waals surface area contributed by atoms with Crippen LogP contribution in [0.15, 0.2) is 47.7 Å². The first-order valence-corrected chi connectivity index (χ1v) is 21.3. The molecule has 386 valence electrons. The first-order valence-electron chi connectivity index (χ1n) is 20.7. The highest BCUT2D eigenvalue weighted by molar-refractivity contribution is 6.18. The van der Waals surface area contributed by atoms with E-state index in [1.54, 1.807) is 0 Å². The first-order chi connectivity index (χ1) is 32.3. The van der Waals surface area contributed by atoms with Gasteiger partial charge in [-0.2, -0.15) is 39.5 Å². The zero-order valence-corrected chi connectivity index (χ0v) is 38.8. The zero-order chi connectivity index (χ0) is 52.1. The molecule has 0 unspecified atom stereocenters. The van der Waals surface area contributed by atoms with Crippen LogP contribution in [0.25, 0.3) is 33.5 Å². The molecule has 21 nitrogen and oxygen atoms in total. The Labute approximate surface area is 391 Å². The number of nitrogens with zero attached hydrogens (tertiary/aromatic N) is 11. The van der Waals surface area contributed by atoms with Crippen LogP contribution in [0, 0.1) is 16.2 Å². The van der Waals surface area contributed by atoms with Gasteiger partial charge in [-0.05, 0) is 0 Å². The van der Waals surface area contributed by atoms with E-state index >= 15 is 0 Å². The predicted octanol–water partition coefficient (Wildman–Crippen LogP) is 2.24. The molecule has 3 saturated heterocycles. The van der Waals surface area contributed by atoms with Crippen LogP contribution in [0.4, 0.5) is 39.5 Å². The molecule has 0 bridgehead atoms. The second kappa shape index (κ2) is 19.3. The summed E-state index contributed by atoms with van der Waals surface area (Å²) in [5.74, 6) is 0.729. The van der Waals surface area contributed by atoms with Crippen molar-refractivity contribution in [1.82, 2.24) is 56.5 Å². The highest BCUT2D eigenvalue weighted by Gasteiger charge is 2.38. The van der Waals surface area contributed by atoms with Crippen LogP contribution in [0.5, 0.6) is 0 Å². The number of alkyl halides is 10. The first kappa shape index (κ1) is 53.3. The van der Waals surface area contributed by atoms with E-state index in [0.717, 1.165) is 70.0 Å². The maximum atomic E-state index is 12.7. The van der Waals surface area contributed by atoms with Crippen molar-refractivity contribution in [2.45, 2.75) is 72.0 Å². The van der Waals surface area contributed by atoms with E-state index in [0.29, 0.717) is 36.4 Å². The van der Waals surface area contributed by atoms with Gasteiger partial charge in [0.1, 0.15) is 19.6 Å². The van der Waals surface area contributed by atoms with Crippen LogP contribution in [0.3, 0.4) is 0 Å². The highest BCUT2D eigenvalue weighted by Crippen LogP contribution is 2.30. The molecule has 0 atom stereocenters. The maximum Gasteiger partial charge on any atom is 0.406 e. The fraction of sp³-hybridized carbons (Fsp3) is 0.615. The number of nitrogens with one attached hydrogen (secondary N) is 1. The zero-order valence-electron chi connectivity index (χ0n) is 38.1. The van der Waals surface area contributed by atoms with E-state index in [1.165, 1.54) is 21.1 Å². The quantitative estimate of drug-likeness (QED) is 0.171. The van der Waals surface area contributed by atoms with Gasteiger partial charge in [-0.1, -0.05) is 20.8 Å². The topological polar surface area (TPSA) is 224 Å². The number of halogens is 10. The van der Waals surface area contributed by atoms with Gasteiger partial charge in [-0.3, -0.25) is 42.2 Å². The smallest absolute Gasteiger partial charge is 0.380 e. The molecule has 0 aliphatic carbocycles. The summed E-state index contributed by atoms with van der Waals surface area (Å²) in [6.07, 6.45) is -10.7. The number of hydrogen-bond donors (Lipinski definition) is 1. The number of hydrogen-bond acceptors (Lipinski definition) is 12. The van der Waals surface area contributed by atoms with Crippen LogP contribution in [-0.4, -0.2) is 121 Å². The summed E-state index contributed by atoms with van der Waals surface area (Å²) in [6, 6.07) is 0. The monoisotopic (exact) mass is 1030 g/mol. The summed E-state index contributed by atoms with van der Waals surface area (Å²) >= 11 is 5.56. The number of aromatic nitrogens is 12. The van der Waals surface area contributed by atoms with Crippen molar-refractivity contribution in [1.29, 1.82) is 0 Å². The van der Waals surface area contributed by atoms with E-state index in [2.05, 4.69) is 21.9 Å². The lowest BCUT2D eigenvalue weighted by Gasteiger charge is -2.38. The van der Waals surface area contributed by atoms with Gasteiger partial charge in [0.25, 0.3) is 16.7 Å². The van der Waals surface area contributed by atoms with E-state index in [9.17, 15) is 68.3 Å². The van der Waals surface area contributed by atoms with Crippen molar-refractivity contribution in [2.75, 3.05) is 45.5 Å². The average molecular weight is 1030 g/mol.